The first kappa shape index (κ1) is 19.0. The third-order valence-electron chi connectivity index (χ3n) is 4.09. The molecule has 1 aromatic heterocycles. The number of nitrogens with one attached hydrogen (secondary N) is 1. The summed E-state index contributed by atoms with van der Waals surface area (Å²) in [6, 6.07) is 7.85. The number of amides is 1. The van der Waals surface area contributed by atoms with Crippen molar-refractivity contribution in [2.24, 2.45) is 0 Å². The van der Waals surface area contributed by atoms with E-state index in [-0.39, 0.29) is 5.91 Å². The Kier molecular flexibility index (Phi) is 7.01. The van der Waals surface area contributed by atoms with Gasteiger partial charge in [0.05, 0.1) is 25.5 Å². The average Bonchev–Trinajstić information content (AvgIpc) is 3.01. The van der Waals surface area contributed by atoms with Gasteiger partial charge in [-0.1, -0.05) is 18.2 Å². The molecule has 0 atom stereocenters. The number of para-hydroxylation sites is 1. The van der Waals surface area contributed by atoms with E-state index < -0.39 is 0 Å². The Hall–Kier alpha value is -2.34. The smallest absolute Gasteiger partial charge is 0.223 e. The molecule has 0 aliphatic rings. The summed E-state index contributed by atoms with van der Waals surface area (Å²) in [6.45, 7) is 3.99. The molecule has 0 spiro atoms. The van der Waals surface area contributed by atoms with Crippen molar-refractivity contribution < 1.29 is 9.53 Å². The molecule has 2 rings (SSSR count). The zero-order valence-electron chi connectivity index (χ0n) is 15.6. The number of carbonyl (C=O) groups excluding carboxylic acids is 1. The largest absolute Gasteiger partial charge is 0.496 e. The summed E-state index contributed by atoms with van der Waals surface area (Å²) in [6.07, 6.45) is 2.93. The average molecular weight is 344 g/mol. The zero-order valence-corrected chi connectivity index (χ0v) is 15.6. The lowest BCUT2D eigenvalue weighted by atomic mass is 10.1. The van der Waals surface area contributed by atoms with Crippen molar-refractivity contribution in [1.29, 1.82) is 0 Å². The normalized spacial score (nSPS) is 10.9. The maximum absolute atomic E-state index is 12.8. The molecule has 6 heteroatoms. The molecule has 0 aliphatic carbocycles. The molecule has 1 heterocycles. The number of nitrogens with zero attached hydrogens (tertiary/aromatic N) is 3. The quantitative estimate of drug-likeness (QED) is 0.758. The molecular weight excluding hydrogens is 316 g/mol. The standard InChI is InChI=1S/C19H28N4O2/c1-15-20-13-17(21-15)14-23(12-11-22(2)3)19(24)10-9-16-7-5-6-8-18(16)25-4/h5-8,13H,9-12,14H2,1-4H3,(H,20,21). The second-order valence-electron chi connectivity index (χ2n) is 6.42. The molecule has 1 amide bonds. The third-order valence-corrected chi connectivity index (χ3v) is 4.09. The van der Waals surface area contributed by atoms with Gasteiger partial charge >= 0.3 is 0 Å². The maximum atomic E-state index is 12.8. The molecule has 136 valence electrons. The summed E-state index contributed by atoms with van der Waals surface area (Å²) in [5.74, 6) is 1.84. The topological polar surface area (TPSA) is 61.5 Å². The summed E-state index contributed by atoms with van der Waals surface area (Å²) < 4.78 is 5.37. The molecule has 25 heavy (non-hydrogen) atoms. The first-order valence-corrected chi connectivity index (χ1v) is 8.54. The Bertz CT molecular complexity index is 682. The van der Waals surface area contributed by atoms with Gasteiger partial charge in [-0.15, -0.1) is 0 Å². The van der Waals surface area contributed by atoms with Gasteiger partial charge in [0.25, 0.3) is 0 Å². The van der Waals surface area contributed by atoms with Crippen LogP contribution in [0.3, 0.4) is 0 Å². The molecule has 2 aromatic rings. The van der Waals surface area contributed by atoms with Crippen molar-refractivity contribution in [3.05, 3.63) is 47.5 Å². The highest BCUT2D eigenvalue weighted by Gasteiger charge is 2.16. The summed E-state index contributed by atoms with van der Waals surface area (Å²) in [4.78, 5) is 24.2. The van der Waals surface area contributed by atoms with Crippen molar-refractivity contribution >= 4 is 5.91 Å². The summed E-state index contributed by atoms with van der Waals surface area (Å²) in [7, 11) is 5.68. The second-order valence-corrected chi connectivity index (χ2v) is 6.42. The zero-order chi connectivity index (χ0) is 18.2. The van der Waals surface area contributed by atoms with Gasteiger partial charge in [-0.05, 0) is 39.1 Å². The molecule has 0 aliphatic heterocycles. The fourth-order valence-corrected chi connectivity index (χ4v) is 2.68. The van der Waals surface area contributed by atoms with Gasteiger partial charge in [-0.2, -0.15) is 0 Å². The number of hydrogen-bond donors (Lipinski definition) is 1. The molecule has 6 nitrogen and oxygen atoms in total. The van der Waals surface area contributed by atoms with Crippen LogP contribution in [0.25, 0.3) is 0 Å². The van der Waals surface area contributed by atoms with Crippen LogP contribution in [0.4, 0.5) is 0 Å². The van der Waals surface area contributed by atoms with Crippen molar-refractivity contribution in [1.82, 2.24) is 19.8 Å². The lowest BCUT2D eigenvalue weighted by Crippen LogP contribution is -2.36. The molecule has 0 bridgehead atoms. The molecule has 0 saturated heterocycles. The predicted octanol–water partition coefficient (Wildman–Crippen LogP) is 2.25. The summed E-state index contributed by atoms with van der Waals surface area (Å²) in [5.41, 5.74) is 2.02. The van der Waals surface area contributed by atoms with E-state index in [1.807, 2.05) is 50.2 Å². The van der Waals surface area contributed by atoms with Gasteiger partial charge < -0.3 is 19.5 Å². The van der Waals surface area contributed by atoms with Gasteiger partial charge in [-0.25, -0.2) is 4.98 Å². The lowest BCUT2D eigenvalue weighted by Gasteiger charge is -2.24. The van der Waals surface area contributed by atoms with Gasteiger partial charge in [0.2, 0.25) is 5.91 Å². The maximum Gasteiger partial charge on any atom is 0.223 e. The Balaban J connectivity index is 2.00. The van der Waals surface area contributed by atoms with Crippen molar-refractivity contribution in [2.45, 2.75) is 26.3 Å². The van der Waals surface area contributed by atoms with Gasteiger partial charge in [-0.3, -0.25) is 4.79 Å². The minimum Gasteiger partial charge on any atom is -0.496 e. The summed E-state index contributed by atoms with van der Waals surface area (Å²) >= 11 is 0. The van der Waals surface area contributed by atoms with Crippen LogP contribution in [0.5, 0.6) is 5.75 Å². The number of benzene rings is 1. The predicted molar refractivity (Wildman–Crippen MR) is 98.6 cm³/mol. The number of H-pyrrole nitrogens is 1. The first-order chi connectivity index (χ1) is 12.0. The summed E-state index contributed by atoms with van der Waals surface area (Å²) in [5, 5.41) is 0. The number of carbonyl (C=O) groups is 1. The number of rotatable bonds is 9. The van der Waals surface area contributed by atoms with E-state index in [2.05, 4.69) is 14.9 Å². The number of methoxy groups -OCH3 is 1. The Morgan fingerprint density at radius 3 is 2.64 bits per heavy atom. The van der Waals surface area contributed by atoms with Crippen molar-refractivity contribution in [3.8, 4) is 5.75 Å². The number of imidazole rings is 1. The van der Waals surface area contributed by atoms with Crippen LogP contribution in [0.1, 0.15) is 23.5 Å². The minimum atomic E-state index is 0.139. The minimum absolute atomic E-state index is 0.139. The van der Waals surface area contributed by atoms with Gasteiger partial charge in [0.15, 0.2) is 0 Å². The molecule has 1 N–H and O–H groups in total. The number of aromatic nitrogens is 2. The van der Waals surface area contributed by atoms with Crippen LogP contribution in [-0.2, 0) is 17.8 Å². The Morgan fingerprint density at radius 2 is 2.00 bits per heavy atom. The van der Waals surface area contributed by atoms with Crippen LogP contribution in [-0.4, -0.2) is 60.0 Å². The van der Waals surface area contributed by atoms with E-state index in [0.717, 1.165) is 29.4 Å². The van der Waals surface area contributed by atoms with Crippen molar-refractivity contribution in [2.75, 3.05) is 34.3 Å². The van der Waals surface area contributed by atoms with E-state index in [9.17, 15) is 4.79 Å². The monoisotopic (exact) mass is 344 g/mol. The molecule has 0 fully saturated rings. The lowest BCUT2D eigenvalue weighted by molar-refractivity contribution is -0.132. The van der Waals surface area contributed by atoms with Crippen LogP contribution >= 0.6 is 0 Å². The van der Waals surface area contributed by atoms with Crippen LogP contribution in [0.2, 0.25) is 0 Å². The molecular formula is C19H28N4O2. The second kappa shape index (κ2) is 9.22. The molecule has 0 unspecified atom stereocenters. The highest BCUT2D eigenvalue weighted by atomic mass is 16.5. The van der Waals surface area contributed by atoms with Gasteiger partial charge in [0.1, 0.15) is 11.6 Å². The van der Waals surface area contributed by atoms with E-state index in [0.29, 0.717) is 25.9 Å². The van der Waals surface area contributed by atoms with Crippen LogP contribution in [0, 0.1) is 6.92 Å². The van der Waals surface area contributed by atoms with Gasteiger partial charge in [0, 0.05) is 19.5 Å². The van der Waals surface area contributed by atoms with Crippen LogP contribution < -0.4 is 4.74 Å². The Morgan fingerprint density at radius 1 is 1.24 bits per heavy atom. The Labute approximate surface area is 149 Å². The first-order valence-electron chi connectivity index (χ1n) is 8.54. The highest BCUT2D eigenvalue weighted by molar-refractivity contribution is 5.76. The molecule has 1 aromatic carbocycles. The number of likely N-dealkylation sites (N-methyl/N-ethyl adjacent to an activating group) is 1. The highest BCUT2D eigenvalue weighted by Crippen LogP contribution is 2.19. The molecule has 0 radical (unpaired) electrons. The fourth-order valence-electron chi connectivity index (χ4n) is 2.68. The van der Waals surface area contributed by atoms with E-state index in [4.69, 9.17) is 4.74 Å². The number of aryl methyl sites for hydroxylation is 2. The van der Waals surface area contributed by atoms with E-state index in [1.54, 1.807) is 13.3 Å². The van der Waals surface area contributed by atoms with E-state index in [1.165, 1.54) is 0 Å². The fraction of sp³-hybridized carbons (Fsp3) is 0.474. The number of ether oxygens (including phenoxy) is 1. The third kappa shape index (κ3) is 5.90. The molecule has 0 saturated carbocycles. The number of hydrogen-bond acceptors (Lipinski definition) is 4. The van der Waals surface area contributed by atoms with E-state index >= 15 is 0 Å². The number of aromatic amines is 1. The SMILES string of the molecule is COc1ccccc1CCC(=O)N(CCN(C)C)Cc1cnc(C)[nH]1. The van der Waals surface area contributed by atoms with Crippen LogP contribution in [0.15, 0.2) is 30.5 Å². The van der Waals surface area contributed by atoms with Crippen molar-refractivity contribution in [3.63, 3.8) is 0 Å².